The molecule has 0 aliphatic carbocycles. The number of nitrogens with zero attached hydrogens (tertiary/aromatic N) is 5. The number of H-pyrrole nitrogens is 1. The van der Waals surface area contributed by atoms with Gasteiger partial charge in [-0.3, -0.25) is 19.5 Å². The van der Waals surface area contributed by atoms with E-state index >= 15 is 0 Å². The summed E-state index contributed by atoms with van der Waals surface area (Å²) in [6.07, 6.45) is -2.62. The molecule has 0 saturated carbocycles. The number of ether oxygens (including phenoxy) is 2. The lowest BCUT2D eigenvalue weighted by Crippen LogP contribution is -2.55. The summed E-state index contributed by atoms with van der Waals surface area (Å²) in [7, 11) is 2.44. The van der Waals surface area contributed by atoms with Crippen LogP contribution in [0.4, 0.5) is 22.8 Å². The third kappa shape index (κ3) is 10.8. The highest BCUT2D eigenvalue weighted by Crippen LogP contribution is 2.33. The summed E-state index contributed by atoms with van der Waals surface area (Å²) in [5, 5.41) is 8.52. The van der Waals surface area contributed by atoms with E-state index < -0.39 is 48.9 Å². The van der Waals surface area contributed by atoms with Gasteiger partial charge in [0.1, 0.15) is 29.8 Å². The van der Waals surface area contributed by atoms with Crippen LogP contribution in [0.3, 0.4) is 0 Å². The number of likely N-dealkylation sites (tertiary alicyclic amines) is 1. The number of rotatable bonds is 11. The second-order valence-corrected chi connectivity index (χ2v) is 16.1. The number of aromatic amines is 1. The van der Waals surface area contributed by atoms with Crippen LogP contribution in [-0.4, -0.2) is 126 Å². The minimum atomic E-state index is -4.47. The van der Waals surface area contributed by atoms with E-state index in [-0.39, 0.29) is 43.0 Å². The molecular formula is C43H52F3N9O6. The number of imidazole rings is 1. The lowest BCUT2D eigenvalue weighted by molar-refractivity contribution is -0.148. The first-order valence-corrected chi connectivity index (χ1v) is 20.2. The summed E-state index contributed by atoms with van der Waals surface area (Å²) in [6.45, 7) is 6.55. The van der Waals surface area contributed by atoms with Crippen molar-refractivity contribution in [2.75, 3.05) is 47.1 Å². The van der Waals surface area contributed by atoms with Gasteiger partial charge < -0.3 is 40.2 Å². The Hall–Kier alpha value is -6.09. The number of carbonyl (C=O) groups excluding carboxylic acids is 4. The molecule has 2 saturated heterocycles. The normalized spacial score (nSPS) is 20.1. The molecule has 18 heteroatoms. The maximum absolute atomic E-state index is 13.7. The van der Waals surface area contributed by atoms with E-state index in [0.29, 0.717) is 24.7 Å². The second kappa shape index (κ2) is 19.1. The molecule has 0 bridgehead atoms. The zero-order valence-electron chi connectivity index (χ0n) is 35.0. The number of hydrogen-bond acceptors (Lipinski definition) is 10. The van der Waals surface area contributed by atoms with Gasteiger partial charge in [0.15, 0.2) is 0 Å². The van der Waals surface area contributed by atoms with Gasteiger partial charge in [-0.15, -0.1) is 0 Å². The van der Waals surface area contributed by atoms with Crippen molar-refractivity contribution in [1.82, 2.24) is 40.6 Å². The number of halogens is 3. The van der Waals surface area contributed by atoms with Gasteiger partial charge in [0.25, 0.3) is 0 Å². The molecule has 2 aromatic carbocycles. The number of aromatic nitrogens is 2. The first-order chi connectivity index (χ1) is 29.0. The van der Waals surface area contributed by atoms with Crippen molar-refractivity contribution >= 4 is 29.8 Å². The molecule has 4 N–H and O–H groups in total. The number of hydrogen-bond donors (Lipinski definition) is 4. The molecule has 0 radical (unpaired) electrons. The van der Waals surface area contributed by atoms with Crippen LogP contribution in [0.5, 0.6) is 0 Å². The molecule has 61 heavy (non-hydrogen) atoms. The Labute approximate surface area is 352 Å². The molecule has 0 spiro atoms. The summed E-state index contributed by atoms with van der Waals surface area (Å²) in [6, 6.07) is 12.3. The van der Waals surface area contributed by atoms with Gasteiger partial charge in [0, 0.05) is 24.2 Å². The van der Waals surface area contributed by atoms with Crippen molar-refractivity contribution in [3.8, 4) is 23.1 Å². The Bertz CT molecular complexity index is 2150. The van der Waals surface area contributed by atoms with Crippen LogP contribution in [0.15, 0.2) is 59.7 Å². The topological polar surface area (TPSA) is 174 Å². The number of aliphatic imine (C=N–C) groups is 1. The summed E-state index contributed by atoms with van der Waals surface area (Å²) in [4.78, 5) is 68.1. The minimum Gasteiger partial charge on any atom is -0.453 e. The smallest absolute Gasteiger partial charge is 0.407 e. The number of amidine groups is 1. The molecule has 2 fully saturated rings. The fourth-order valence-electron chi connectivity index (χ4n) is 7.79. The number of alkyl carbamates (subject to hydrolysis) is 2. The van der Waals surface area contributed by atoms with E-state index in [9.17, 15) is 32.3 Å². The molecular weight excluding hydrogens is 796 g/mol. The quantitative estimate of drug-likeness (QED) is 0.194. The van der Waals surface area contributed by atoms with Crippen LogP contribution in [0.2, 0.25) is 0 Å². The molecule has 1 unspecified atom stereocenters. The van der Waals surface area contributed by atoms with Crippen molar-refractivity contribution < 1.29 is 41.8 Å². The molecule has 15 nitrogen and oxygen atoms in total. The summed E-state index contributed by atoms with van der Waals surface area (Å²) >= 11 is 0. The van der Waals surface area contributed by atoms with E-state index in [1.807, 2.05) is 62.4 Å². The highest BCUT2D eigenvalue weighted by Gasteiger charge is 2.45. The molecule has 326 valence electrons. The lowest BCUT2D eigenvalue weighted by atomic mass is 10.0. The van der Waals surface area contributed by atoms with Crippen LogP contribution in [0, 0.1) is 23.7 Å². The summed E-state index contributed by atoms with van der Waals surface area (Å²) in [5.74, 6) is 6.28. The highest BCUT2D eigenvalue weighted by molar-refractivity contribution is 5.95. The van der Waals surface area contributed by atoms with Gasteiger partial charge in [-0.1, -0.05) is 63.8 Å². The third-order valence-corrected chi connectivity index (χ3v) is 11.0. The van der Waals surface area contributed by atoms with E-state index in [2.05, 4.69) is 47.5 Å². The number of nitrogens with one attached hydrogen (secondary N) is 4. The van der Waals surface area contributed by atoms with Gasteiger partial charge in [-0.2, -0.15) is 13.2 Å². The van der Waals surface area contributed by atoms with E-state index in [0.717, 1.165) is 45.7 Å². The van der Waals surface area contributed by atoms with Crippen LogP contribution >= 0.6 is 0 Å². The van der Waals surface area contributed by atoms with Gasteiger partial charge in [0.2, 0.25) is 11.8 Å². The number of methoxy groups -OCH3 is 2. The molecule has 4 amide bonds. The standard InChI is InChI=1S/C43H52F3N9O6/c1-25(2)35(51-41(58)60-5)39(56)54-19-7-8-33(54)37-47-20-31(49-37)29-15-11-27(12-16-29)9-10-28-13-17-30(18-14-28)32-21-48-38(50-32)34-22-53(23-43(44,45)46)24-55(34)40(57)36(26(3)4)52-42(59)61-6/h11-18,20,25-26,32-36H,7-8,19,21-24H2,1-6H3,(H,47,49)(H,48,50)(H,51,58)(H,52,59)/t32?,33-,34-,35-,36-/m0/s1. The predicted molar refractivity (Wildman–Crippen MR) is 220 cm³/mol. The Balaban J connectivity index is 1.07. The fourth-order valence-corrected chi connectivity index (χ4v) is 7.79. The van der Waals surface area contributed by atoms with Crippen molar-refractivity contribution in [1.29, 1.82) is 0 Å². The maximum Gasteiger partial charge on any atom is 0.407 e. The van der Waals surface area contributed by atoms with Crippen molar-refractivity contribution in [2.45, 2.75) is 76.9 Å². The fraction of sp³-hybridized carbons (Fsp3) is 0.488. The molecule has 3 aliphatic rings. The average molecular weight is 848 g/mol. The monoisotopic (exact) mass is 847 g/mol. The van der Waals surface area contributed by atoms with E-state index in [4.69, 9.17) is 4.74 Å². The zero-order valence-corrected chi connectivity index (χ0v) is 35.0. The number of amides is 4. The van der Waals surface area contributed by atoms with Gasteiger partial charge >= 0.3 is 18.4 Å². The van der Waals surface area contributed by atoms with Crippen LogP contribution in [-0.2, 0) is 19.1 Å². The Morgan fingerprint density at radius 2 is 1.43 bits per heavy atom. The zero-order chi connectivity index (χ0) is 44.0. The second-order valence-electron chi connectivity index (χ2n) is 16.1. The van der Waals surface area contributed by atoms with Crippen molar-refractivity contribution in [3.05, 3.63) is 77.2 Å². The Morgan fingerprint density at radius 1 is 0.852 bits per heavy atom. The first kappa shape index (κ1) is 44.5. The van der Waals surface area contributed by atoms with Crippen LogP contribution in [0.1, 0.15) is 75.1 Å². The maximum atomic E-state index is 13.7. The number of benzene rings is 2. The third-order valence-electron chi connectivity index (χ3n) is 11.0. The van der Waals surface area contributed by atoms with Gasteiger partial charge in [-0.25, -0.2) is 14.6 Å². The van der Waals surface area contributed by atoms with Crippen LogP contribution < -0.4 is 16.0 Å². The highest BCUT2D eigenvalue weighted by atomic mass is 19.4. The van der Waals surface area contributed by atoms with Crippen LogP contribution in [0.25, 0.3) is 11.3 Å². The molecule has 1 aromatic heterocycles. The Morgan fingerprint density at radius 3 is 1.98 bits per heavy atom. The molecule has 6 rings (SSSR count). The molecule has 5 atom stereocenters. The average Bonchev–Trinajstić information content (AvgIpc) is 4.07. The predicted octanol–water partition coefficient (Wildman–Crippen LogP) is 4.98. The molecule has 4 heterocycles. The van der Waals surface area contributed by atoms with E-state index in [1.54, 1.807) is 24.9 Å². The summed E-state index contributed by atoms with van der Waals surface area (Å²) in [5.41, 5.74) is 4.16. The summed E-state index contributed by atoms with van der Waals surface area (Å²) < 4.78 is 49.7. The Kier molecular flexibility index (Phi) is 13.9. The van der Waals surface area contributed by atoms with Crippen molar-refractivity contribution in [2.24, 2.45) is 16.8 Å². The lowest BCUT2D eigenvalue weighted by Gasteiger charge is -2.30. The minimum absolute atomic E-state index is 0.0788. The SMILES string of the molecule is COC(=O)N[C@H](C(=O)N1CN(CC(F)(F)F)C[C@H]1C1=NCC(c2ccc(C#Cc3ccc(-c4cnc([C@@H]5CCCN5C(=O)[C@@H](NC(=O)OC)C(C)C)[nH]4)cc3)cc2)N1)C(C)C. The number of carbonyl (C=O) groups is 4. The molecule has 3 aliphatic heterocycles. The number of alkyl halides is 3. The van der Waals surface area contributed by atoms with Gasteiger partial charge in [0.05, 0.1) is 58.0 Å². The largest absolute Gasteiger partial charge is 0.453 e. The van der Waals surface area contributed by atoms with Crippen molar-refractivity contribution in [3.63, 3.8) is 0 Å². The molecule has 3 aromatic rings. The van der Waals surface area contributed by atoms with Gasteiger partial charge in [-0.05, 0) is 60.1 Å². The van der Waals surface area contributed by atoms with E-state index in [1.165, 1.54) is 19.1 Å². The first-order valence-electron chi connectivity index (χ1n) is 20.2.